The summed E-state index contributed by atoms with van der Waals surface area (Å²) >= 11 is 5.95. The fourth-order valence-corrected chi connectivity index (χ4v) is 2.11. The van der Waals surface area contributed by atoms with Crippen LogP contribution in [0.2, 0.25) is 5.02 Å². The molecule has 17 heavy (non-hydrogen) atoms. The lowest BCUT2D eigenvalue weighted by molar-refractivity contribution is 0.264. The number of aryl methyl sites for hydroxylation is 1. The van der Waals surface area contributed by atoms with E-state index in [1.54, 1.807) is 4.68 Å². The summed E-state index contributed by atoms with van der Waals surface area (Å²) in [5.41, 5.74) is 2.18. The molecule has 0 saturated carbocycles. The molecule has 4 heteroatoms. The van der Waals surface area contributed by atoms with Crippen molar-refractivity contribution in [3.05, 3.63) is 52.8 Å². The molecule has 0 radical (unpaired) electrons. The predicted molar refractivity (Wildman–Crippen MR) is 68.2 cm³/mol. The molecule has 1 N–H and O–H groups in total. The Morgan fingerprint density at radius 1 is 1.47 bits per heavy atom. The average Bonchev–Trinajstić information content (AvgIpc) is 2.72. The second-order valence-electron chi connectivity index (χ2n) is 4.16. The fourth-order valence-electron chi connectivity index (χ4n) is 1.91. The lowest BCUT2D eigenvalue weighted by atomic mass is 9.94. The van der Waals surface area contributed by atoms with Gasteiger partial charge < -0.3 is 5.11 Å². The fraction of sp³-hybridized carbons (Fsp3) is 0.308. The second-order valence-corrected chi connectivity index (χ2v) is 4.60. The first kappa shape index (κ1) is 12.1. The summed E-state index contributed by atoms with van der Waals surface area (Å²) in [7, 11) is 1.89. The van der Waals surface area contributed by atoms with Gasteiger partial charge in [0.25, 0.3) is 0 Å². The highest BCUT2D eigenvalue weighted by atomic mass is 35.5. The second kappa shape index (κ2) is 5.34. The van der Waals surface area contributed by atoms with Gasteiger partial charge in [-0.1, -0.05) is 23.7 Å². The van der Waals surface area contributed by atoms with Crippen LogP contribution in [0.1, 0.15) is 17.0 Å². The summed E-state index contributed by atoms with van der Waals surface area (Å²) in [5, 5.41) is 14.3. The van der Waals surface area contributed by atoms with Crippen LogP contribution < -0.4 is 0 Å². The van der Waals surface area contributed by atoms with Crippen molar-refractivity contribution in [3.63, 3.8) is 0 Å². The standard InChI is InChI=1S/C13H15ClN2O/c1-16-8-10(7-15-16)5-12(9-17)11-3-2-4-13(14)6-11/h2-4,6-8,12,17H,5,9H2,1H3. The molecule has 1 atom stereocenters. The van der Waals surface area contributed by atoms with Gasteiger partial charge >= 0.3 is 0 Å². The van der Waals surface area contributed by atoms with Gasteiger partial charge in [0.1, 0.15) is 0 Å². The van der Waals surface area contributed by atoms with Crippen LogP contribution in [0.25, 0.3) is 0 Å². The van der Waals surface area contributed by atoms with Gasteiger partial charge in [-0.05, 0) is 29.7 Å². The molecular formula is C13H15ClN2O. The minimum absolute atomic E-state index is 0.0675. The van der Waals surface area contributed by atoms with Crippen molar-refractivity contribution in [3.8, 4) is 0 Å². The molecule has 0 aliphatic heterocycles. The molecule has 1 aromatic carbocycles. The van der Waals surface area contributed by atoms with Crippen LogP contribution in [0.5, 0.6) is 0 Å². The summed E-state index contributed by atoms with van der Waals surface area (Å²) < 4.78 is 1.77. The SMILES string of the molecule is Cn1cc(CC(CO)c2cccc(Cl)c2)cn1. The Morgan fingerprint density at radius 3 is 2.88 bits per heavy atom. The third-order valence-electron chi connectivity index (χ3n) is 2.78. The van der Waals surface area contributed by atoms with Crippen LogP contribution in [0.15, 0.2) is 36.7 Å². The van der Waals surface area contributed by atoms with E-state index >= 15 is 0 Å². The van der Waals surface area contributed by atoms with Crippen LogP contribution in [0, 0.1) is 0 Å². The first-order valence-electron chi connectivity index (χ1n) is 5.53. The zero-order valence-corrected chi connectivity index (χ0v) is 10.4. The maximum Gasteiger partial charge on any atom is 0.0521 e. The maximum atomic E-state index is 9.47. The van der Waals surface area contributed by atoms with Gasteiger partial charge in [-0.25, -0.2) is 0 Å². The summed E-state index contributed by atoms with van der Waals surface area (Å²) in [5.74, 6) is 0.0675. The zero-order chi connectivity index (χ0) is 12.3. The molecule has 0 aliphatic carbocycles. The Bertz CT molecular complexity index is 496. The van der Waals surface area contributed by atoms with Crippen molar-refractivity contribution in [1.82, 2.24) is 9.78 Å². The third-order valence-corrected chi connectivity index (χ3v) is 3.02. The number of benzene rings is 1. The van der Waals surface area contributed by atoms with E-state index in [1.165, 1.54) is 0 Å². The Labute approximate surface area is 106 Å². The molecule has 0 aliphatic rings. The van der Waals surface area contributed by atoms with Crippen LogP contribution in [-0.2, 0) is 13.5 Å². The van der Waals surface area contributed by atoms with Gasteiger partial charge in [0, 0.05) is 24.2 Å². The topological polar surface area (TPSA) is 38.0 Å². The Morgan fingerprint density at radius 2 is 2.29 bits per heavy atom. The Kier molecular flexibility index (Phi) is 3.82. The van der Waals surface area contributed by atoms with Crippen molar-refractivity contribution in [1.29, 1.82) is 0 Å². The predicted octanol–water partition coefficient (Wildman–Crippen LogP) is 2.39. The summed E-state index contributed by atoms with van der Waals surface area (Å²) in [6.07, 6.45) is 4.56. The lowest BCUT2D eigenvalue weighted by Gasteiger charge is -2.13. The molecule has 0 fully saturated rings. The number of aliphatic hydroxyl groups is 1. The van der Waals surface area contributed by atoms with Crippen LogP contribution in [-0.4, -0.2) is 21.5 Å². The summed E-state index contributed by atoms with van der Waals surface area (Å²) in [6.45, 7) is 0.106. The zero-order valence-electron chi connectivity index (χ0n) is 9.68. The largest absolute Gasteiger partial charge is 0.396 e. The van der Waals surface area contributed by atoms with E-state index in [0.717, 1.165) is 17.5 Å². The minimum Gasteiger partial charge on any atom is -0.396 e. The number of halogens is 1. The molecular weight excluding hydrogens is 236 g/mol. The van der Waals surface area contributed by atoms with Crippen molar-refractivity contribution >= 4 is 11.6 Å². The van der Waals surface area contributed by atoms with Crippen molar-refractivity contribution in [2.24, 2.45) is 7.05 Å². The van der Waals surface area contributed by atoms with E-state index in [0.29, 0.717) is 5.02 Å². The molecule has 3 nitrogen and oxygen atoms in total. The van der Waals surface area contributed by atoms with E-state index in [4.69, 9.17) is 11.6 Å². The number of aliphatic hydroxyl groups excluding tert-OH is 1. The van der Waals surface area contributed by atoms with Gasteiger partial charge in [-0.2, -0.15) is 5.10 Å². The first-order valence-corrected chi connectivity index (χ1v) is 5.90. The molecule has 0 amide bonds. The average molecular weight is 251 g/mol. The van der Waals surface area contributed by atoms with Gasteiger partial charge in [0.2, 0.25) is 0 Å². The minimum atomic E-state index is 0.0675. The highest BCUT2D eigenvalue weighted by Gasteiger charge is 2.12. The van der Waals surface area contributed by atoms with E-state index in [1.807, 2.05) is 43.7 Å². The highest BCUT2D eigenvalue weighted by molar-refractivity contribution is 6.30. The Hall–Kier alpha value is -1.32. The van der Waals surface area contributed by atoms with E-state index < -0.39 is 0 Å². The quantitative estimate of drug-likeness (QED) is 0.905. The maximum absolute atomic E-state index is 9.47. The van der Waals surface area contributed by atoms with Gasteiger partial charge in [-0.15, -0.1) is 0 Å². The molecule has 90 valence electrons. The van der Waals surface area contributed by atoms with Crippen molar-refractivity contribution in [2.45, 2.75) is 12.3 Å². The molecule has 0 saturated heterocycles. The molecule has 2 aromatic rings. The van der Waals surface area contributed by atoms with E-state index in [-0.39, 0.29) is 12.5 Å². The van der Waals surface area contributed by atoms with E-state index in [2.05, 4.69) is 5.10 Å². The van der Waals surface area contributed by atoms with Crippen LogP contribution in [0.4, 0.5) is 0 Å². The summed E-state index contributed by atoms with van der Waals surface area (Å²) in [6, 6.07) is 7.63. The number of aromatic nitrogens is 2. The summed E-state index contributed by atoms with van der Waals surface area (Å²) in [4.78, 5) is 0. The smallest absolute Gasteiger partial charge is 0.0521 e. The number of hydrogen-bond donors (Lipinski definition) is 1. The molecule has 1 unspecified atom stereocenters. The number of hydrogen-bond acceptors (Lipinski definition) is 2. The molecule has 1 aromatic heterocycles. The van der Waals surface area contributed by atoms with Crippen molar-refractivity contribution in [2.75, 3.05) is 6.61 Å². The highest BCUT2D eigenvalue weighted by Crippen LogP contribution is 2.22. The van der Waals surface area contributed by atoms with Gasteiger partial charge in [0.15, 0.2) is 0 Å². The number of nitrogens with zero attached hydrogens (tertiary/aromatic N) is 2. The Balaban J connectivity index is 2.16. The third kappa shape index (κ3) is 3.08. The van der Waals surface area contributed by atoms with Crippen LogP contribution in [0.3, 0.4) is 0 Å². The van der Waals surface area contributed by atoms with Crippen LogP contribution >= 0.6 is 11.6 Å². The molecule has 2 rings (SSSR count). The van der Waals surface area contributed by atoms with E-state index in [9.17, 15) is 5.11 Å². The first-order chi connectivity index (χ1) is 8.19. The van der Waals surface area contributed by atoms with Gasteiger partial charge in [0.05, 0.1) is 12.8 Å². The monoisotopic (exact) mass is 250 g/mol. The lowest BCUT2D eigenvalue weighted by Crippen LogP contribution is -2.07. The molecule has 1 heterocycles. The van der Waals surface area contributed by atoms with Crippen molar-refractivity contribution < 1.29 is 5.11 Å². The molecule has 0 bridgehead atoms. The molecule has 0 spiro atoms. The number of rotatable bonds is 4. The van der Waals surface area contributed by atoms with Gasteiger partial charge in [-0.3, -0.25) is 4.68 Å². The normalized spacial score (nSPS) is 12.6.